The summed E-state index contributed by atoms with van der Waals surface area (Å²) in [6.07, 6.45) is 1.19. The third-order valence-electron chi connectivity index (χ3n) is 2.76. The molecule has 2 rings (SSSR count). The minimum Gasteiger partial charge on any atom is -0.463 e. The van der Waals surface area contributed by atoms with E-state index in [1.54, 1.807) is 0 Å². The zero-order valence-electron chi connectivity index (χ0n) is 9.76. The van der Waals surface area contributed by atoms with Gasteiger partial charge in [-0.05, 0) is 31.9 Å². The first-order valence-corrected chi connectivity index (χ1v) is 5.49. The van der Waals surface area contributed by atoms with E-state index < -0.39 is 12.1 Å². The molecule has 0 saturated carbocycles. The zero-order valence-corrected chi connectivity index (χ0v) is 9.76. The average Bonchev–Trinajstić information content (AvgIpc) is 2.95. The molecule has 0 N–H and O–H groups in total. The maximum Gasteiger partial charge on any atom is 0.373 e. The summed E-state index contributed by atoms with van der Waals surface area (Å²) >= 11 is 0. The van der Waals surface area contributed by atoms with Crippen molar-refractivity contribution in [2.75, 3.05) is 7.11 Å². The van der Waals surface area contributed by atoms with Crippen molar-refractivity contribution >= 4 is 11.8 Å². The fraction of sp³-hybridized carbons (Fsp3) is 0.500. The molecule has 2 unspecified atom stereocenters. The van der Waals surface area contributed by atoms with Gasteiger partial charge in [0.1, 0.15) is 6.10 Å². The van der Waals surface area contributed by atoms with Gasteiger partial charge in [-0.15, -0.1) is 0 Å². The molecule has 5 heteroatoms. The lowest BCUT2D eigenvalue weighted by Crippen LogP contribution is -2.20. The molecule has 1 aromatic heterocycles. The molecule has 1 aliphatic rings. The zero-order chi connectivity index (χ0) is 12.4. The highest BCUT2D eigenvalue weighted by Crippen LogP contribution is 2.23. The Morgan fingerprint density at radius 1 is 1.29 bits per heavy atom. The number of rotatable bonds is 3. The van der Waals surface area contributed by atoms with Gasteiger partial charge in [0.2, 0.25) is 11.5 Å². The molecule has 0 spiro atoms. The monoisotopic (exact) mass is 238 g/mol. The van der Waals surface area contributed by atoms with Gasteiger partial charge in [-0.2, -0.15) is 0 Å². The van der Waals surface area contributed by atoms with Crippen LogP contribution in [0.5, 0.6) is 0 Å². The second kappa shape index (κ2) is 4.71. The molecule has 17 heavy (non-hydrogen) atoms. The van der Waals surface area contributed by atoms with Crippen molar-refractivity contribution in [3.63, 3.8) is 0 Å². The first-order valence-electron chi connectivity index (χ1n) is 5.49. The summed E-state index contributed by atoms with van der Waals surface area (Å²) in [5.41, 5.74) is 0. The number of hydrogen-bond donors (Lipinski definition) is 0. The van der Waals surface area contributed by atoms with E-state index in [9.17, 15) is 9.59 Å². The Balaban J connectivity index is 2.09. The summed E-state index contributed by atoms with van der Waals surface area (Å²) in [4.78, 5) is 23.1. The molecule has 0 radical (unpaired) electrons. The lowest BCUT2D eigenvalue weighted by atomic mass is 10.1. The molecular formula is C12H14O5. The summed E-state index contributed by atoms with van der Waals surface area (Å²) < 4.78 is 15.1. The van der Waals surface area contributed by atoms with Crippen molar-refractivity contribution in [2.45, 2.75) is 32.0 Å². The Bertz CT molecular complexity index is 434. The van der Waals surface area contributed by atoms with Gasteiger partial charge in [0.05, 0.1) is 13.2 Å². The predicted octanol–water partition coefficient (Wildman–Crippen LogP) is 1.82. The van der Waals surface area contributed by atoms with Gasteiger partial charge in [0.15, 0.2) is 5.76 Å². The summed E-state index contributed by atoms with van der Waals surface area (Å²) in [5, 5.41) is 0. The number of hydrogen-bond acceptors (Lipinski definition) is 5. The number of Topliss-reactive ketones (excluding diaryl/α,β-unsaturated/α-hetero) is 1. The van der Waals surface area contributed by atoms with Gasteiger partial charge in [0.25, 0.3) is 0 Å². The van der Waals surface area contributed by atoms with Crippen LogP contribution < -0.4 is 0 Å². The molecule has 0 amide bonds. The Labute approximate surface area is 98.7 Å². The van der Waals surface area contributed by atoms with Gasteiger partial charge < -0.3 is 13.9 Å². The quantitative estimate of drug-likeness (QED) is 0.593. The number of carbonyl (C=O) groups excluding carboxylic acids is 2. The van der Waals surface area contributed by atoms with E-state index >= 15 is 0 Å². The van der Waals surface area contributed by atoms with E-state index in [2.05, 4.69) is 4.74 Å². The molecule has 1 saturated heterocycles. The normalized spacial score (nSPS) is 23.6. The molecule has 1 fully saturated rings. The van der Waals surface area contributed by atoms with Crippen molar-refractivity contribution in [3.05, 3.63) is 23.7 Å². The summed E-state index contributed by atoms with van der Waals surface area (Å²) in [6, 6.07) is 2.90. The minimum absolute atomic E-state index is 0.0295. The van der Waals surface area contributed by atoms with Crippen molar-refractivity contribution in [3.8, 4) is 0 Å². The van der Waals surface area contributed by atoms with Crippen LogP contribution in [-0.4, -0.2) is 31.1 Å². The predicted molar refractivity (Wildman–Crippen MR) is 57.9 cm³/mol. The molecule has 92 valence electrons. The van der Waals surface area contributed by atoms with Gasteiger partial charge in [-0.25, -0.2) is 4.79 Å². The molecule has 5 nitrogen and oxygen atoms in total. The number of esters is 1. The average molecular weight is 238 g/mol. The lowest BCUT2D eigenvalue weighted by molar-refractivity contribution is 0.0405. The Morgan fingerprint density at radius 2 is 2.00 bits per heavy atom. The molecule has 1 aliphatic heterocycles. The number of ether oxygens (including phenoxy) is 2. The first kappa shape index (κ1) is 11.9. The van der Waals surface area contributed by atoms with Gasteiger partial charge in [-0.3, -0.25) is 4.79 Å². The Kier molecular flexibility index (Phi) is 3.28. The highest BCUT2D eigenvalue weighted by Gasteiger charge is 2.31. The van der Waals surface area contributed by atoms with Gasteiger partial charge in [-0.1, -0.05) is 0 Å². The summed E-state index contributed by atoms with van der Waals surface area (Å²) in [5.74, 6) is -0.638. The first-order chi connectivity index (χ1) is 8.11. The van der Waals surface area contributed by atoms with Crippen LogP contribution in [0, 0.1) is 0 Å². The lowest BCUT2D eigenvalue weighted by Gasteiger charge is -2.07. The van der Waals surface area contributed by atoms with Crippen molar-refractivity contribution in [1.82, 2.24) is 0 Å². The number of ketones is 1. The maximum atomic E-state index is 11.9. The highest BCUT2D eigenvalue weighted by molar-refractivity contribution is 5.98. The molecule has 0 aromatic carbocycles. The van der Waals surface area contributed by atoms with E-state index in [1.807, 2.05) is 6.92 Å². The number of methoxy groups -OCH3 is 1. The van der Waals surface area contributed by atoms with Gasteiger partial charge in [0, 0.05) is 0 Å². The molecule has 2 heterocycles. The van der Waals surface area contributed by atoms with Crippen LogP contribution in [0.15, 0.2) is 16.5 Å². The fourth-order valence-corrected chi connectivity index (χ4v) is 1.83. The third kappa shape index (κ3) is 2.39. The SMILES string of the molecule is COC(=O)c1ccc(C(=O)C2CCC(C)O2)o1. The molecule has 0 bridgehead atoms. The van der Waals surface area contributed by atoms with Crippen molar-refractivity contribution in [2.24, 2.45) is 0 Å². The Morgan fingerprint density at radius 3 is 2.59 bits per heavy atom. The van der Waals surface area contributed by atoms with Crippen LogP contribution in [0.1, 0.15) is 40.9 Å². The summed E-state index contributed by atoms with van der Waals surface area (Å²) in [6.45, 7) is 1.93. The van der Waals surface area contributed by atoms with Crippen LogP contribution in [0.3, 0.4) is 0 Å². The fourth-order valence-electron chi connectivity index (χ4n) is 1.83. The van der Waals surface area contributed by atoms with Gasteiger partial charge >= 0.3 is 5.97 Å². The molecule has 0 aliphatic carbocycles. The van der Waals surface area contributed by atoms with Crippen LogP contribution in [0.25, 0.3) is 0 Å². The highest BCUT2D eigenvalue weighted by atomic mass is 16.5. The smallest absolute Gasteiger partial charge is 0.373 e. The number of carbonyl (C=O) groups is 2. The third-order valence-corrected chi connectivity index (χ3v) is 2.76. The second-order valence-electron chi connectivity index (χ2n) is 4.03. The maximum absolute atomic E-state index is 11.9. The van der Waals surface area contributed by atoms with Crippen LogP contribution in [0.2, 0.25) is 0 Å². The molecular weight excluding hydrogens is 224 g/mol. The standard InChI is InChI=1S/C12H14O5/c1-7-3-4-8(16-7)11(13)9-5-6-10(17-9)12(14)15-2/h5-8H,3-4H2,1-2H3. The second-order valence-corrected chi connectivity index (χ2v) is 4.03. The van der Waals surface area contributed by atoms with E-state index in [1.165, 1.54) is 19.2 Å². The number of furan rings is 1. The van der Waals surface area contributed by atoms with Crippen LogP contribution in [0.4, 0.5) is 0 Å². The van der Waals surface area contributed by atoms with Crippen LogP contribution >= 0.6 is 0 Å². The van der Waals surface area contributed by atoms with E-state index in [0.29, 0.717) is 6.42 Å². The minimum atomic E-state index is -0.593. The van der Waals surface area contributed by atoms with E-state index in [-0.39, 0.29) is 23.4 Å². The van der Waals surface area contributed by atoms with E-state index in [0.717, 1.165) is 6.42 Å². The van der Waals surface area contributed by atoms with Crippen molar-refractivity contribution < 1.29 is 23.5 Å². The largest absolute Gasteiger partial charge is 0.463 e. The Hall–Kier alpha value is -1.62. The molecule has 2 atom stereocenters. The molecule has 1 aromatic rings. The van der Waals surface area contributed by atoms with E-state index in [4.69, 9.17) is 9.15 Å². The van der Waals surface area contributed by atoms with Crippen LogP contribution in [-0.2, 0) is 9.47 Å². The van der Waals surface area contributed by atoms with Crippen molar-refractivity contribution in [1.29, 1.82) is 0 Å². The summed E-state index contributed by atoms with van der Waals surface area (Å²) in [7, 11) is 1.26. The topological polar surface area (TPSA) is 65.7 Å².